The van der Waals surface area contributed by atoms with Crippen molar-refractivity contribution < 1.29 is 8.42 Å². The zero-order valence-corrected chi connectivity index (χ0v) is 15.1. The molecule has 3 atom stereocenters. The highest BCUT2D eigenvalue weighted by molar-refractivity contribution is 7.89. The predicted octanol–water partition coefficient (Wildman–Crippen LogP) is 2.51. The second-order valence-electron chi connectivity index (χ2n) is 7.56. The maximum absolute atomic E-state index is 12.8. The van der Waals surface area contributed by atoms with E-state index in [2.05, 4.69) is 17.1 Å². The van der Waals surface area contributed by atoms with Crippen LogP contribution in [0, 0.1) is 24.7 Å². The third-order valence-electron chi connectivity index (χ3n) is 5.90. The number of allylic oxidation sites excluding steroid dienone is 2. The SMILES string of the molecule is Cc1ccc(S(=O)(=O)N2CCN(C[C@@H]3C[C@H]4C=C[C@H]3C4)CC2)cc1. The number of rotatable bonds is 4. The van der Waals surface area contributed by atoms with E-state index >= 15 is 0 Å². The average Bonchev–Trinajstić information content (AvgIpc) is 3.19. The number of aryl methyl sites for hydroxylation is 1. The van der Waals surface area contributed by atoms with Crippen molar-refractivity contribution in [2.45, 2.75) is 24.7 Å². The van der Waals surface area contributed by atoms with Gasteiger partial charge in [0.05, 0.1) is 4.90 Å². The van der Waals surface area contributed by atoms with E-state index in [1.807, 2.05) is 19.1 Å². The fourth-order valence-electron chi connectivity index (χ4n) is 4.45. The van der Waals surface area contributed by atoms with E-state index < -0.39 is 10.0 Å². The first-order valence-corrected chi connectivity index (χ1v) is 10.4. The number of hydrogen-bond donors (Lipinski definition) is 0. The standard InChI is InChI=1S/C19H26N2O2S/c1-15-2-6-19(7-3-15)24(22,23)21-10-8-20(9-11-21)14-18-13-16-4-5-17(18)12-16/h2-7,16-18H,8-14H2,1H3/t16-,17-,18-/m0/s1. The van der Waals surface area contributed by atoms with Gasteiger partial charge in [0.2, 0.25) is 10.0 Å². The van der Waals surface area contributed by atoms with E-state index in [1.165, 1.54) is 12.8 Å². The van der Waals surface area contributed by atoms with Crippen molar-refractivity contribution in [3.8, 4) is 0 Å². The molecule has 0 radical (unpaired) electrons. The summed E-state index contributed by atoms with van der Waals surface area (Å²) in [5.41, 5.74) is 1.08. The van der Waals surface area contributed by atoms with Crippen molar-refractivity contribution in [2.75, 3.05) is 32.7 Å². The molecule has 130 valence electrons. The molecule has 1 saturated carbocycles. The van der Waals surface area contributed by atoms with Gasteiger partial charge in [0.15, 0.2) is 0 Å². The summed E-state index contributed by atoms with van der Waals surface area (Å²) < 4.78 is 27.2. The molecule has 4 rings (SSSR count). The highest BCUT2D eigenvalue weighted by atomic mass is 32.2. The van der Waals surface area contributed by atoms with Crippen molar-refractivity contribution in [3.63, 3.8) is 0 Å². The minimum atomic E-state index is -3.34. The van der Waals surface area contributed by atoms with E-state index in [1.54, 1.807) is 16.4 Å². The molecule has 0 spiro atoms. The first-order valence-electron chi connectivity index (χ1n) is 9.00. The fraction of sp³-hybridized carbons (Fsp3) is 0.579. The maximum Gasteiger partial charge on any atom is 0.243 e. The Morgan fingerprint density at radius 1 is 1.00 bits per heavy atom. The second-order valence-corrected chi connectivity index (χ2v) is 9.50. The molecule has 1 aliphatic heterocycles. The Morgan fingerprint density at radius 2 is 1.71 bits per heavy atom. The smallest absolute Gasteiger partial charge is 0.243 e. The largest absolute Gasteiger partial charge is 0.300 e. The lowest BCUT2D eigenvalue weighted by Gasteiger charge is -2.36. The summed E-state index contributed by atoms with van der Waals surface area (Å²) in [7, 11) is -3.34. The summed E-state index contributed by atoms with van der Waals surface area (Å²) in [5, 5.41) is 0. The summed E-state index contributed by atoms with van der Waals surface area (Å²) in [4.78, 5) is 2.88. The third kappa shape index (κ3) is 3.05. The molecule has 1 saturated heterocycles. The highest BCUT2D eigenvalue weighted by Crippen LogP contribution is 2.43. The molecule has 0 amide bonds. The first kappa shape index (κ1) is 16.3. The third-order valence-corrected chi connectivity index (χ3v) is 7.81. The van der Waals surface area contributed by atoms with Crippen molar-refractivity contribution >= 4 is 10.0 Å². The number of sulfonamides is 1. The maximum atomic E-state index is 12.8. The molecule has 4 nitrogen and oxygen atoms in total. The molecule has 0 aromatic heterocycles. The van der Waals surface area contributed by atoms with Gasteiger partial charge in [-0.05, 0) is 49.7 Å². The molecule has 2 fully saturated rings. The number of nitrogens with zero attached hydrogens (tertiary/aromatic N) is 2. The molecule has 1 aromatic rings. The Morgan fingerprint density at radius 3 is 2.29 bits per heavy atom. The van der Waals surface area contributed by atoms with Crippen LogP contribution in [0.2, 0.25) is 0 Å². The Labute approximate surface area is 145 Å². The van der Waals surface area contributed by atoms with Crippen LogP contribution in [-0.2, 0) is 10.0 Å². The quantitative estimate of drug-likeness (QED) is 0.787. The van der Waals surface area contributed by atoms with Crippen LogP contribution in [0.4, 0.5) is 0 Å². The molecule has 3 aliphatic rings. The molecule has 2 aliphatic carbocycles. The summed E-state index contributed by atoms with van der Waals surface area (Å²) in [6.45, 7) is 6.01. The van der Waals surface area contributed by atoms with Crippen LogP contribution in [0.25, 0.3) is 0 Å². The summed E-state index contributed by atoms with van der Waals surface area (Å²) >= 11 is 0. The molecule has 1 aromatic carbocycles. The van der Waals surface area contributed by atoms with Gasteiger partial charge >= 0.3 is 0 Å². The van der Waals surface area contributed by atoms with Crippen LogP contribution in [0.1, 0.15) is 18.4 Å². The van der Waals surface area contributed by atoms with Crippen LogP contribution in [0.15, 0.2) is 41.3 Å². The zero-order valence-electron chi connectivity index (χ0n) is 14.3. The minimum Gasteiger partial charge on any atom is -0.300 e. The number of hydrogen-bond acceptors (Lipinski definition) is 3. The van der Waals surface area contributed by atoms with E-state index in [0.29, 0.717) is 18.0 Å². The minimum absolute atomic E-state index is 0.416. The van der Waals surface area contributed by atoms with Gasteiger partial charge in [-0.2, -0.15) is 4.31 Å². The number of piperazine rings is 1. The van der Waals surface area contributed by atoms with Crippen LogP contribution in [0.3, 0.4) is 0 Å². The lowest BCUT2D eigenvalue weighted by molar-refractivity contribution is 0.156. The molecule has 2 bridgehead atoms. The van der Waals surface area contributed by atoms with Crippen molar-refractivity contribution in [1.29, 1.82) is 0 Å². The number of fused-ring (bicyclic) bond motifs is 2. The Bertz CT molecular complexity index is 718. The van der Waals surface area contributed by atoms with Crippen molar-refractivity contribution in [1.82, 2.24) is 9.21 Å². The average molecular weight is 346 g/mol. The lowest BCUT2D eigenvalue weighted by Crippen LogP contribution is -2.49. The van der Waals surface area contributed by atoms with E-state index in [4.69, 9.17) is 0 Å². The van der Waals surface area contributed by atoms with Gasteiger partial charge < -0.3 is 4.90 Å². The molecule has 0 unspecified atom stereocenters. The topological polar surface area (TPSA) is 40.6 Å². The van der Waals surface area contributed by atoms with E-state index in [0.717, 1.165) is 43.0 Å². The molecule has 24 heavy (non-hydrogen) atoms. The summed E-state index contributed by atoms with van der Waals surface area (Å²) in [6.07, 6.45) is 7.44. The van der Waals surface area contributed by atoms with Crippen LogP contribution in [0.5, 0.6) is 0 Å². The highest BCUT2D eigenvalue weighted by Gasteiger charge is 2.37. The van der Waals surface area contributed by atoms with Gasteiger partial charge in [-0.25, -0.2) is 8.42 Å². The Kier molecular flexibility index (Phi) is 4.27. The zero-order chi connectivity index (χ0) is 16.7. The summed E-state index contributed by atoms with van der Waals surface area (Å²) in [5.74, 6) is 2.35. The second kappa shape index (κ2) is 6.28. The fourth-order valence-corrected chi connectivity index (χ4v) is 5.87. The van der Waals surface area contributed by atoms with Gasteiger partial charge in [0, 0.05) is 32.7 Å². The predicted molar refractivity (Wildman–Crippen MR) is 95.2 cm³/mol. The molecular weight excluding hydrogens is 320 g/mol. The first-order chi connectivity index (χ1) is 11.5. The van der Waals surface area contributed by atoms with Gasteiger partial charge in [0.1, 0.15) is 0 Å². The molecular formula is C19H26N2O2S. The monoisotopic (exact) mass is 346 g/mol. The molecule has 5 heteroatoms. The Hall–Kier alpha value is -1.17. The van der Waals surface area contributed by atoms with Crippen LogP contribution < -0.4 is 0 Å². The van der Waals surface area contributed by atoms with Crippen molar-refractivity contribution in [3.05, 3.63) is 42.0 Å². The van der Waals surface area contributed by atoms with Crippen LogP contribution in [-0.4, -0.2) is 50.3 Å². The van der Waals surface area contributed by atoms with Gasteiger partial charge in [0.25, 0.3) is 0 Å². The van der Waals surface area contributed by atoms with Gasteiger partial charge in [-0.3, -0.25) is 0 Å². The molecule has 1 heterocycles. The Balaban J connectivity index is 1.35. The van der Waals surface area contributed by atoms with Crippen LogP contribution >= 0.6 is 0 Å². The number of benzene rings is 1. The van der Waals surface area contributed by atoms with E-state index in [-0.39, 0.29) is 0 Å². The van der Waals surface area contributed by atoms with Gasteiger partial charge in [-0.1, -0.05) is 29.8 Å². The summed E-state index contributed by atoms with van der Waals surface area (Å²) in [6, 6.07) is 7.18. The lowest BCUT2D eigenvalue weighted by atomic mass is 9.93. The van der Waals surface area contributed by atoms with E-state index in [9.17, 15) is 8.42 Å². The van der Waals surface area contributed by atoms with Gasteiger partial charge in [-0.15, -0.1) is 0 Å². The molecule has 0 N–H and O–H groups in total. The van der Waals surface area contributed by atoms with Crippen molar-refractivity contribution in [2.24, 2.45) is 17.8 Å². The normalized spacial score (nSPS) is 31.0.